The average molecular weight is 335 g/mol. The first kappa shape index (κ1) is 17.9. The lowest BCUT2D eigenvalue weighted by Gasteiger charge is -2.39. The number of hydrogen-bond acceptors (Lipinski definition) is 2. The van der Waals surface area contributed by atoms with E-state index in [1.165, 1.54) is 4.90 Å². The molecular formula is C15H24F3N3O2. The first-order chi connectivity index (χ1) is 10.8. The highest BCUT2D eigenvalue weighted by atomic mass is 19.4. The summed E-state index contributed by atoms with van der Waals surface area (Å²) in [5.74, 6) is -1.83. The lowest BCUT2D eigenvalue weighted by atomic mass is 9.91. The van der Waals surface area contributed by atoms with Crippen molar-refractivity contribution in [1.82, 2.24) is 15.5 Å². The van der Waals surface area contributed by atoms with Gasteiger partial charge in [0.25, 0.3) is 0 Å². The number of piperidine rings is 1. The summed E-state index contributed by atoms with van der Waals surface area (Å²) in [6.07, 6.45) is -1.35. The van der Waals surface area contributed by atoms with Crippen LogP contribution in [-0.4, -0.2) is 48.2 Å². The molecule has 1 aliphatic heterocycles. The number of amides is 3. The fraction of sp³-hybridized carbons (Fsp3) is 0.867. The molecule has 0 aromatic carbocycles. The van der Waals surface area contributed by atoms with Gasteiger partial charge in [-0.05, 0) is 32.6 Å². The fourth-order valence-corrected chi connectivity index (χ4v) is 3.52. The van der Waals surface area contributed by atoms with Gasteiger partial charge in [0, 0.05) is 19.6 Å². The van der Waals surface area contributed by atoms with Gasteiger partial charge in [-0.2, -0.15) is 13.2 Å². The van der Waals surface area contributed by atoms with E-state index >= 15 is 0 Å². The van der Waals surface area contributed by atoms with Crippen LogP contribution in [0.25, 0.3) is 0 Å². The molecule has 1 heterocycles. The lowest BCUT2D eigenvalue weighted by Crippen LogP contribution is -2.61. The van der Waals surface area contributed by atoms with E-state index in [0.29, 0.717) is 32.4 Å². The van der Waals surface area contributed by atoms with E-state index in [2.05, 4.69) is 10.6 Å². The van der Waals surface area contributed by atoms with Crippen molar-refractivity contribution in [1.29, 1.82) is 0 Å². The van der Waals surface area contributed by atoms with Crippen LogP contribution in [0.5, 0.6) is 0 Å². The number of carbonyl (C=O) groups excluding carboxylic acids is 2. The minimum Gasteiger partial charge on any atom is -0.340 e. The molecule has 0 radical (unpaired) electrons. The maximum Gasteiger partial charge on any atom is 0.393 e. The molecule has 0 aromatic rings. The van der Waals surface area contributed by atoms with Crippen molar-refractivity contribution in [3.8, 4) is 0 Å². The molecule has 0 unspecified atom stereocenters. The van der Waals surface area contributed by atoms with Gasteiger partial charge in [0.1, 0.15) is 5.54 Å². The SMILES string of the molecule is CCNC(=O)NC1(C(=O)N2CCC[C@@H](C(F)(F)F)C2)CCCC1. The molecule has 8 heteroatoms. The molecule has 2 aliphatic rings. The Balaban J connectivity index is 2.10. The highest BCUT2D eigenvalue weighted by Gasteiger charge is 2.48. The monoisotopic (exact) mass is 335 g/mol. The number of hydrogen-bond donors (Lipinski definition) is 2. The van der Waals surface area contributed by atoms with Crippen molar-refractivity contribution < 1.29 is 22.8 Å². The predicted octanol–water partition coefficient (Wildman–Crippen LogP) is 2.42. The Hall–Kier alpha value is -1.47. The van der Waals surface area contributed by atoms with Crippen LogP contribution in [-0.2, 0) is 4.79 Å². The van der Waals surface area contributed by atoms with Gasteiger partial charge in [-0.1, -0.05) is 12.8 Å². The molecule has 1 saturated carbocycles. The van der Waals surface area contributed by atoms with Crippen LogP contribution in [0.1, 0.15) is 45.4 Å². The molecule has 1 aliphatic carbocycles. The van der Waals surface area contributed by atoms with Gasteiger partial charge in [0.2, 0.25) is 5.91 Å². The number of carbonyl (C=O) groups is 2. The fourth-order valence-electron chi connectivity index (χ4n) is 3.52. The number of halogens is 3. The van der Waals surface area contributed by atoms with E-state index in [1.807, 2.05) is 0 Å². The van der Waals surface area contributed by atoms with Gasteiger partial charge >= 0.3 is 12.2 Å². The summed E-state index contributed by atoms with van der Waals surface area (Å²) < 4.78 is 38.8. The number of alkyl halides is 3. The van der Waals surface area contributed by atoms with Crippen LogP contribution in [0.4, 0.5) is 18.0 Å². The van der Waals surface area contributed by atoms with Crippen LogP contribution < -0.4 is 10.6 Å². The Morgan fingerprint density at radius 1 is 1.22 bits per heavy atom. The first-order valence-electron chi connectivity index (χ1n) is 8.20. The number of nitrogens with zero attached hydrogens (tertiary/aromatic N) is 1. The third kappa shape index (κ3) is 4.09. The molecule has 1 saturated heterocycles. The van der Waals surface area contributed by atoms with Crippen molar-refractivity contribution in [2.75, 3.05) is 19.6 Å². The largest absolute Gasteiger partial charge is 0.393 e. The molecule has 0 spiro atoms. The molecule has 2 N–H and O–H groups in total. The second kappa shape index (κ2) is 6.97. The Bertz CT molecular complexity index is 448. The Morgan fingerprint density at radius 2 is 1.87 bits per heavy atom. The van der Waals surface area contributed by atoms with E-state index in [4.69, 9.17) is 0 Å². The minimum atomic E-state index is -4.28. The molecule has 5 nitrogen and oxygen atoms in total. The molecule has 0 bridgehead atoms. The van der Waals surface area contributed by atoms with Crippen molar-refractivity contribution >= 4 is 11.9 Å². The highest BCUT2D eigenvalue weighted by Crippen LogP contribution is 2.36. The molecule has 2 fully saturated rings. The zero-order valence-electron chi connectivity index (χ0n) is 13.3. The van der Waals surface area contributed by atoms with Gasteiger partial charge < -0.3 is 15.5 Å². The summed E-state index contributed by atoms with van der Waals surface area (Å²) in [5, 5.41) is 5.31. The number of rotatable bonds is 3. The van der Waals surface area contributed by atoms with Crippen molar-refractivity contribution in [2.45, 2.75) is 57.2 Å². The second-order valence-corrected chi connectivity index (χ2v) is 6.41. The molecular weight excluding hydrogens is 311 g/mol. The van der Waals surface area contributed by atoms with E-state index in [1.54, 1.807) is 6.92 Å². The molecule has 132 valence electrons. The van der Waals surface area contributed by atoms with Gasteiger partial charge in [-0.3, -0.25) is 4.79 Å². The summed E-state index contributed by atoms with van der Waals surface area (Å²) in [5.41, 5.74) is -1.05. The Kier molecular flexibility index (Phi) is 5.41. The highest BCUT2D eigenvalue weighted by molar-refractivity contribution is 5.91. The summed E-state index contributed by atoms with van der Waals surface area (Å²) in [7, 11) is 0. The lowest BCUT2D eigenvalue weighted by molar-refractivity contribution is -0.189. The summed E-state index contributed by atoms with van der Waals surface area (Å²) in [4.78, 5) is 26.0. The minimum absolute atomic E-state index is 0.0596. The number of likely N-dealkylation sites (tertiary alicyclic amines) is 1. The third-order valence-corrected chi connectivity index (χ3v) is 4.73. The van der Waals surface area contributed by atoms with E-state index < -0.39 is 23.7 Å². The average Bonchev–Trinajstić information content (AvgIpc) is 2.95. The van der Waals surface area contributed by atoms with E-state index in [0.717, 1.165) is 12.8 Å². The predicted molar refractivity (Wildman–Crippen MR) is 78.8 cm³/mol. The van der Waals surface area contributed by atoms with Crippen LogP contribution in [0.3, 0.4) is 0 Å². The van der Waals surface area contributed by atoms with Crippen LogP contribution in [0.2, 0.25) is 0 Å². The normalized spacial score (nSPS) is 24.3. The van der Waals surface area contributed by atoms with Gasteiger partial charge in [-0.25, -0.2) is 4.79 Å². The van der Waals surface area contributed by atoms with Gasteiger partial charge in [0.05, 0.1) is 5.92 Å². The quantitative estimate of drug-likeness (QED) is 0.832. The Labute approximate surface area is 134 Å². The zero-order valence-corrected chi connectivity index (χ0v) is 13.3. The van der Waals surface area contributed by atoms with E-state index in [-0.39, 0.29) is 18.9 Å². The molecule has 2 rings (SSSR count). The second-order valence-electron chi connectivity index (χ2n) is 6.41. The maximum absolute atomic E-state index is 12.9. The topological polar surface area (TPSA) is 61.4 Å². The van der Waals surface area contributed by atoms with Crippen LogP contribution in [0, 0.1) is 5.92 Å². The van der Waals surface area contributed by atoms with Crippen LogP contribution >= 0.6 is 0 Å². The number of urea groups is 1. The molecule has 1 atom stereocenters. The molecule has 3 amide bonds. The standard InChI is InChI=1S/C15H24F3N3O2/c1-2-19-13(23)20-14(7-3-4-8-14)12(22)21-9-5-6-11(10-21)15(16,17)18/h11H,2-10H2,1H3,(H2,19,20,23)/t11-/m1/s1. The van der Waals surface area contributed by atoms with Crippen molar-refractivity contribution in [3.63, 3.8) is 0 Å². The summed E-state index contributed by atoms with van der Waals surface area (Å²) in [6, 6.07) is -0.438. The first-order valence-corrected chi connectivity index (χ1v) is 8.20. The number of nitrogens with one attached hydrogen (secondary N) is 2. The maximum atomic E-state index is 12.9. The Morgan fingerprint density at radius 3 is 2.43 bits per heavy atom. The summed E-state index contributed by atoms with van der Waals surface area (Å²) >= 11 is 0. The zero-order chi connectivity index (χ0) is 17.1. The summed E-state index contributed by atoms with van der Waals surface area (Å²) in [6.45, 7) is 2.21. The van der Waals surface area contributed by atoms with Gasteiger partial charge in [-0.15, -0.1) is 0 Å². The van der Waals surface area contributed by atoms with Crippen molar-refractivity contribution in [3.05, 3.63) is 0 Å². The third-order valence-electron chi connectivity index (χ3n) is 4.73. The molecule has 0 aromatic heterocycles. The van der Waals surface area contributed by atoms with E-state index in [9.17, 15) is 22.8 Å². The smallest absolute Gasteiger partial charge is 0.340 e. The molecule has 23 heavy (non-hydrogen) atoms. The van der Waals surface area contributed by atoms with Crippen LogP contribution in [0.15, 0.2) is 0 Å². The van der Waals surface area contributed by atoms with Gasteiger partial charge in [0.15, 0.2) is 0 Å². The van der Waals surface area contributed by atoms with Crippen molar-refractivity contribution in [2.24, 2.45) is 5.92 Å².